The Kier molecular flexibility index (Phi) is 4.61. The normalized spacial score (nSPS) is 15.3. The molecule has 4 nitrogen and oxygen atoms in total. The first-order valence-corrected chi connectivity index (χ1v) is 3.49. The van der Waals surface area contributed by atoms with Gasteiger partial charge in [0.2, 0.25) is 0 Å². The van der Waals surface area contributed by atoms with Gasteiger partial charge < -0.3 is 14.8 Å². The number of ether oxygens (including phenoxy) is 2. The minimum Gasteiger partial charge on any atom is -0.453 e. The van der Waals surface area contributed by atoms with Gasteiger partial charge in [0, 0.05) is 7.11 Å². The van der Waals surface area contributed by atoms with Crippen molar-refractivity contribution in [1.82, 2.24) is 5.32 Å². The third-order valence-electron chi connectivity index (χ3n) is 1.61. The van der Waals surface area contributed by atoms with Crippen LogP contribution in [0.4, 0.5) is 4.79 Å². The van der Waals surface area contributed by atoms with Crippen LogP contribution in [0, 0.1) is 0 Å². The van der Waals surface area contributed by atoms with Crippen LogP contribution in [0.2, 0.25) is 0 Å². The Balaban J connectivity index is 3.67. The summed E-state index contributed by atoms with van der Waals surface area (Å²) in [6.45, 7) is 3.73. The van der Waals surface area contributed by atoms with E-state index in [2.05, 4.69) is 10.1 Å². The van der Waals surface area contributed by atoms with Crippen LogP contribution in [0.15, 0.2) is 0 Å². The number of hydrogen-bond acceptors (Lipinski definition) is 3. The standard InChI is InChI=1S/C7H15NO3/c1-5(6(2)10-3)8-7(9)11-4/h5-6H,1-4H3,(H,8,9)/t5-,6-/m1/s1. The highest BCUT2D eigenvalue weighted by atomic mass is 16.5. The van der Waals surface area contributed by atoms with Crippen molar-refractivity contribution in [3.05, 3.63) is 0 Å². The Hall–Kier alpha value is -0.770. The third-order valence-corrected chi connectivity index (χ3v) is 1.61. The molecule has 0 radical (unpaired) electrons. The molecule has 0 aromatic rings. The topological polar surface area (TPSA) is 47.6 Å². The minimum absolute atomic E-state index is 0.00546. The molecule has 1 N–H and O–H groups in total. The molecular weight excluding hydrogens is 146 g/mol. The van der Waals surface area contributed by atoms with E-state index in [1.54, 1.807) is 7.11 Å². The molecule has 0 rings (SSSR count). The first kappa shape index (κ1) is 10.2. The van der Waals surface area contributed by atoms with Crippen molar-refractivity contribution in [3.63, 3.8) is 0 Å². The van der Waals surface area contributed by atoms with Crippen molar-refractivity contribution in [2.45, 2.75) is 26.0 Å². The zero-order valence-corrected chi connectivity index (χ0v) is 7.38. The summed E-state index contributed by atoms with van der Waals surface area (Å²) in [7, 11) is 2.93. The first-order chi connectivity index (χ1) is 5.11. The molecule has 0 aromatic heterocycles. The summed E-state index contributed by atoms with van der Waals surface area (Å²) in [6, 6.07) is -0.0348. The quantitative estimate of drug-likeness (QED) is 0.665. The van der Waals surface area contributed by atoms with Gasteiger partial charge in [-0.15, -0.1) is 0 Å². The molecule has 0 aliphatic rings. The second kappa shape index (κ2) is 4.96. The van der Waals surface area contributed by atoms with Gasteiger partial charge in [0.15, 0.2) is 0 Å². The van der Waals surface area contributed by atoms with Crippen LogP contribution < -0.4 is 5.32 Å². The summed E-state index contributed by atoms with van der Waals surface area (Å²) in [5.74, 6) is 0. The van der Waals surface area contributed by atoms with Crippen LogP contribution in [0.3, 0.4) is 0 Å². The van der Waals surface area contributed by atoms with Crippen molar-refractivity contribution in [2.75, 3.05) is 14.2 Å². The molecule has 2 atom stereocenters. The van der Waals surface area contributed by atoms with Gasteiger partial charge in [-0.1, -0.05) is 0 Å². The molecule has 0 saturated heterocycles. The number of carbonyl (C=O) groups is 1. The SMILES string of the molecule is COC(=O)N[C@H](C)[C@@H](C)OC. The highest BCUT2D eigenvalue weighted by Crippen LogP contribution is 1.95. The minimum atomic E-state index is -0.429. The number of alkyl carbamates (subject to hydrolysis) is 1. The van der Waals surface area contributed by atoms with Crippen LogP contribution in [-0.2, 0) is 9.47 Å². The molecule has 0 bridgehead atoms. The molecule has 0 fully saturated rings. The van der Waals surface area contributed by atoms with Crippen LogP contribution >= 0.6 is 0 Å². The average molecular weight is 161 g/mol. The Morgan fingerprint density at radius 3 is 2.27 bits per heavy atom. The monoisotopic (exact) mass is 161 g/mol. The maximum absolute atomic E-state index is 10.7. The summed E-state index contributed by atoms with van der Waals surface area (Å²) >= 11 is 0. The maximum Gasteiger partial charge on any atom is 0.407 e. The lowest BCUT2D eigenvalue weighted by molar-refractivity contribution is 0.0843. The van der Waals surface area contributed by atoms with Gasteiger partial charge >= 0.3 is 6.09 Å². The van der Waals surface area contributed by atoms with Crippen LogP contribution in [0.5, 0.6) is 0 Å². The summed E-state index contributed by atoms with van der Waals surface area (Å²) in [6.07, 6.45) is -0.435. The van der Waals surface area contributed by atoms with Gasteiger partial charge in [0.25, 0.3) is 0 Å². The molecular formula is C7H15NO3. The van der Waals surface area contributed by atoms with Gasteiger partial charge in [-0.2, -0.15) is 0 Å². The van der Waals surface area contributed by atoms with Gasteiger partial charge in [-0.05, 0) is 13.8 Å². The number of nitrogens with one attached hydrogen (secondary N) is 1. The predicted molar refractivity (Wildman–Crippen MR) is 41.5 cm³/mol. The third kappa shape index (κ3) is 3.83. The molecule has 66 valence electrons. The van der Waals surface area contributed by atoms with E-state index in [0.29, 0.717) is 0 Å². The van der Waals surface area contributed by atoms with Crippen molar-refractivity contribution in [3.8, 4) is 0 Å². The summed E-state index contributed by atoms with van der Waals surface area (Å²) in [5.41, 5.74) is 0. The van der Waals surface area contributed by atoms with Crippen molar-refractivity contribution >= 4 is 6.09 Å². The molecule has 11 heavy (non-hydrogen) atoms. The van der Waals surface area contributed by atoms with E-state index in [9.17, 15) is 4.79 Å². The maximum atomic E-state index is 10.7. The molecule has 1 amide bonds. The Labute approximate surface area is 66.9 Å². The Morgan fingerprint density at radius 1 is 1.36 bits per heavy atom. The van der Waals surface area contributed by atoms with Crippen molar-refractivity contribution < 1.29 is 14.3 Å². The first-order valence-electron chi connectivity index (χ1n) is 3.49. The van der Waals surface area contributed by atoms with E-state index in [4.69, 9.17) is 4.74 Å². The fourth-order valence-corrected chi connectivity index (χ4v) is 0.566. The number of methoxy groups -OCH3 is 2. The zero-order valence-electron chi connectivity index (χ0n) is 7.38. The second-order valence-electron chi connectivity index (χ2n) is 2.37. The van der Waals surface area contributed by atoms with Crippen LogP contribution in [-0.4, -0.2) is 32.5 Å². The smallest absolute Gasteiger partial charge is 0.407 e. The molecule has 4 heteroatoms. The molecule has 0 aromatic carbocycles. The number of amides is 1. The Bertz CT molecular complexity index is 127. The average Bonchev–Trinajstić information content (AvgIpc) is 2.02. The lowest BCUT2D eigenvalue weighted by Crippen LogP contribution is -2.40. The Morgan fingerprint density at radius 2 is 1.91 bits per heavy atom. The highest BCUT2D eigenvalue weighted by molar-refractivity contribution is 5.67. The molecule has 0 aliphatic heterocycles. The van der Waals surface area contributed by atoms with Crippen molar-refractivity contribution in [1.29, 1.82) is 0 Å². The van der Waals surface area contributed by atoms with Crippen LogP contribution in [0.25, 0.3) is 0 Å². The predicted octanol–water partition coefficient (Wildman–Crippen LogP) is 0.766. The van der Waals surface area contributed by atoms with Crippen LogP contribution in [0.1, 0.15) is 13.8 Å². The fraction of sp³-hybridized carbons (Fsp3) is 0.857. The summed E-state index contributed by atoms with van der Waals surface area (Å²) < 4.78 is 9.40. The van der Waals surface area contributed by atoms with E-state index in [1.165, 1.54) is 7.11 Å². The van der Waals surface area contributed by atoms with Gasteiger partial charge in [-0.3, -0.25) is 0 Å². The highest BCUT2D eigenvalue weighted by Gasteiger charge is 2.13. The van der Waals surface area contributed by atoms with Gasteiger partial charge in [0.1, 0.15) is 0 Å². The lowest BCUT2D eigenvalue weighted by Gasteiger charge is -2.18. The molecule has 0 saturated carbocycles. The second-order valence-corrected chi connectivity index (χ2v) is 2.37. The summed E-state index contributed by atoms with van der Waals surface area (Å²) in [5, 5.41) is 2.59. The van der Waals surface area contributed by atoms with E-state index in [1.807, 2.05) is 13.8 Å². The number of rotatable bonds is 3. The zero-order chi connectivity index (χ0) is 8.85. The number of hydrogen-bond donors (Lipinski definition) is 1. The van der Waals surface area contributed by atoms with E-state index in [-0.39, 0.29) is 12.1 Å². The van der Waals surface area contributed by atoms with E-state index >= 15 is 0 Å². The van der Waals surface area contributed by atoms with Crippen molar-refractivity contribution in [2.24, 2.45) is 0 Å². The van der Waals surface area contributed by atoms with Gasteiger partial charge in [0.05, 0.1) is 19.3 Å². The summed E-state index contributed by atoms with van der Waals surface area (Å²) in [4.78, 5) is 10.7. The largest absolute Gasteiger partial charge is 0.453 e. The lowest BCUT2D eigenvalue weighted by atomic mass is 10.2. The van der Waals surface area contributed by atoms with E-state index in [0.717, 1.165) is 0 Å². The molecule has 0 unspecified atom stereocenters. The van der Waals surface area contributed by atoms with Gasteiger partial charge in [-0.25, -0.2) is 4.79 Å². The molecule has 0 heterocycles. The van der Waals surface area contributed by atoms with E-state index < -0.39 is 6.09 Å². The number of carbonyl (C=O) groups excluding carboxylic acids is 1. The fourth-order valence-electron chi connectivity index (χ4n) is 0.566. The molecule has 0 spiro atoms. The molecule has 0 aliphatic carbocycles.